The Balaban J connectivity index is 2.09. The van der Waals surface area contributed by atoms with Crippen LogP contribution in [0.3, 0.4) is 0 Å². The summed E-state index contributed by atoms with van der Waals surface area (Å²) < 4.78 is 7.52. The predicted molar refractivity (Wildman–Crippen MR) is 91.6 cm³/mol. The summed E-state index contributed by atoms with van der Waals surface area (Å²) in [5.74, 6) is 0.939. The van der Waals surface area contributed by atoms with E-state index in [1.807, 2.05) is 30.3 Å². The highest BCUT2D eigenvalue weighted by atomic mass is 79.9. The molecule has 1 unspecified atom stereocenters. The summed E-state index contributed by atoms with van der Waals surface area (Å²) in [4.78, 5) is 0. The number of anilines is 1. The van der Waals surface area contributed by atoms with Gasteiger partial charge in [0.05, 0.1) is 7.11 Å². The second-order valence-electron chi connectivity index (χ2n) is 4.69. The van der Waals surface area contributed by atoms with Crippen LogP contribution < -0.4 is 10.1 Å². The van der Waals surface area contributed by atoms with E-state index in [0.29, 0.717) is 6.04 Å². The fourth-order valence-corrected chi connectivity index (χ4v) is 2.85. The van der Waals surface area contributed by atoms with Crippen molar-refractivity contribution < 1.29 is 4.74 Å². The molecule has 2 aromatic rings. The Bertz CT molecular complexity index is 586. The number of methoxy groups -OCH3 is 1. The lowest BCUT2D eigenvalue weighted by Crippen LogP contribution is -2.18. The van der Waals surface area contributed by atoms with Gasteiger partial charge in [0.15, 0.2) is 0 Å². The van der Waals surface area contributed by atoms with Crippen LogP contribution in [0.1, 0.15) is 12.5 Å². The average Bonchev–Trinajstić information content (AvgIpc) is 2.43. The molecule has 0 amide bonds. The molecule has 0 fully saturated rings. The SMILES string of the molecule is COc1ccccc1CC(C)Nc1cc(Br)ccc1Br. The molecule has 0 saturated carbocycles. The van der Waals surface area contributed by atoms with Gasteiger partial charge < -0.3 is 10.1 Å². The molecule has 0 aliphatic carbocycles. The zero-order valence-electron chi connectivity index (χ0n) is 11.5. The Morgan fingerprint density at radius 3 is 2.65 bits per heavy atom. The van der Waals surface area contributed by atoms with E-state index in [2.05, 4.69) is 56.2 Å². The Morgan fingerprint density at radius 2 is 1.90 bits per heavy atom. The molecule has 0 radical (unpaired) electrons. The van der Waals surface area contributed by atoms with E-state index in [0.717, 1.165) is 26.8 Å². The molecule has 2 aromatic carbocycles. The highest BCUT2D eigenvalue weighted by Gasteiger charge is 2.09. The zero-order chi connectivity index (χ0) is 14.5. The number of rotatable bonds is 5. The Kier molecular flexibility index (Phi) is 5.49. The van der Waals surface area contributed by atoms with Gasteiger partial charge in [-0.15, -0.1) is 0 Å². The minimum absolute atomic E-state index is 0.303. The molecule has 2 nitrogen and oxygen atoms in total. The van der Waals surface area contributed by atoms with Gasteiger partial charge in [-0.2, -0.15) is 0 Å². The summed E-state index contributed by atoms with van der Waals surface area (Å²) in [5, 5.41) is 3.52. The van der Waals surface area contributed by atoms with E-state index in [4.69, 9.17) is 4.74 Å². The van der Waals surface area contributed by atoms with Crippen LogP contribution in [0, 0.1) is 0 Å². The fourth-order valence-electron chi connectivity index (χ4n) is 2.13. The number of para-hydroxylation sites is 1. The molecule has 1 N–H and O–H groups in total. The first-order chi connectivity index (χ1) is 9.60. The van der Waals surface area contributed by atoms with Crippen molar-refractivity contribution >= 4 is 37.5 Å². The summed E-state index contributed by atoms with van der Waals surface area (Å²) in [7, 11) is 1.71. The summed E-state index contributed by atoms with van der Waals surface area (Å²) in [6.07, 6.45) is 0.906. The molecule has 0 aliphatic rings. The molecule has 20 heavy (non-hydrogen) atoms. The first-order valence-electron chi connectivity index (χ1n) is 6.43. The van der Waals surface area contributed by atoms with Gasteiger partial charge in [0, 0.05) is 20.7 Å². The van der Waals surface area contributed by atoms with Gasteiger partial charge in [0.2, 0.25) is 0 Å². The molecular formula is C16H17Br2NO. The molecule has 4 heteroatoms. The van der Waals surface area contributed by atoms with Gasteiger partial charge in [-0.3, -0.25) is 0 Å². The molecule has 0 heterocycles. The van der Waals surface area contributed by atoms with Crippen molar-refractivity contribution in [3.63, 3.8) is 0 Å². The molecule has 2 rings (SSSR count). The van der Waals surface area contributed by atoms with E-state index in [9.17, 15) is 0 Å². The van der Waals surface area contributed by atoms with Crippen molar-refractivity contribution in [2.45, 2.75) is 19.4 Å². The van der Waals surface area contributed by atoms with Crippen molar-refractivity contribution in [3.8, 4) is 5.75 Å². The fraction of sp³-hybridized carbons (Fsp3) is 0.250. The van der Waals surface area contributed by atoms with Crippen molar-refractivity contribution in [1.29, 1.82) is 0 Å². The molecular weight excluding hydrogens is 382 g/mol. The summed E-state index contributed by atoms with van der Waals surface area (Å²) in [6.45, 7) is 2.17. The maximum absolute atomic E-state index is 5.39. The van der Waals surface area contributed by atoms with Gasteiger partial charge in [-0.25, -0.2) is 0 Å². The normalized spacial score (nSPS) is 12.0. The van der Waals surface area contributed by atoms with Gasteiger partial charge in [0.1, 0.15) is 5.75 Å². The van der Waals surface area contributed by atoms with Crippen LogP contribution in [-0.4, -0.2) is 13.2 Å². The van der Waals surface area contributed by atoms with Crippen LogP contribution in [-0.2, 0) is 6.42 Å². The molecule has 0 aromatic heterocycles. The van der Waals surface area contributed by atoms with Crippen LogP contribution >= 0.6 is 31.9 Å². The predicted octanol–water partition coefficient (Wildman–Crippen LogP) is 5.26. The van der Waals surface area contributed by atoms with E-state index >= 15 is 0 Å². The first-order valence-corrected chi connectivity index (χ1v) is 8.02. The lowest BCUT2D eigenvalue weighted by molar-refractivity contribution is 0.409. The Hall–Kier alpha value is -1.000. The Labute approximate surface area is 136 Å². The number of benzene rings is 2. The minimum Gasteiger partial charge on any atom is -0.496 e. The van der Waals surface area contributed by atoms with Gasteiger partial charge in [0.25, 0.3) is 0 Å². The smallest absolute Gasteiger partial charge is 0.122 e. The van der Waals surface area contributed by atoms with Gasteiger partial charge in [-0.1, -0.05) is 34.1 Å². The van der Waals surface area contributed by atoms with E-state index < -0.39 is 0 Å². The van der Waals surface area contributed by atoms with Crippen LogP contribution in [0.15, 0.2) is 51.4 Å². The van der Waals surface area contributed by atoms with E-state index in [1.165, 1.54) is 5.56 Å². The van der Waals surface area contributed by atoms with Crippen LogP contribution in [0.4, 0.5) is 5.69 Å². The molecule has 0 saturated heterocycles. The molecule has 1 atom stereocenters. The molecule has 0 aliphatic heterocycles. The number of hydrogen-bond acceptors (Lipinski definition) is 2. The molecule has 0 bridgehead atoms. The number of hydrogen-bond donors (Lipinski definition) is 1. The molecule has 0 spiro atoms. The minimum atomic E-state index is 0.303. The number of halogens is 2. The van der Waals surface area contributed by atoms with Crippen molar-refractivity contribution in [2.75, 3.05) is 12.4 Å². The first kappa shape index (κ1) is 15.4. The zero-order valence-corrected chi connectivity index (χ0v) is 14.7. The number of nitrogens with one attached hydrogen (secondary N) is 1. The lowest BCUT2D eigenvalue weighted by atomic mass is 10.1. The number of ether oxygens (including phenoxy) is 1. The van der Waals surface area contributed by atoms with Crippen LogP contribution in [0.25, 0.3) is 0 Å². The molecule has 106 valence electrons. The second kappa shape index (κ2) is 7.14. The topological polar surface area (TPSA) is 21.3 Å². The average molecular weight is 399 g/mol. The third-order valence-corrected chi connectivity index (χ3v) is 4.23. The summed E-state index contributed by atoms with van der Waals surface area (Å²) in [6, 6.07) is 14.6. The quantitative estimate of drug-likeness (QED) is 0.741. The highest BCUT2D eigenvalue weighted by Crippen LogP contribution is 2.27. The van der Waals surface area contributed by atoms with Crippen LogP contribution in [0.2, 0.25) is 0 Å². The monoisotopic (exact) mass is 397 g/mol. The van der Waals surface area contributed by atoms with Crippen molar-refractivity contribution in [1.82, 2.24) is 0 Å². The maximum atomic E-state index is 5.39. The summed E-state index contributed by atoms with van der Waals surface area (Å²) in [5.41, 5.74) is 2.29. The Morgan fingerprint density at radius 1 is 1.15 bits per heavy atom. The van der Waals surface area contributed by atoms with E-state index in [-0.39, 0.29) is 0 Å². The second-order valence-corrected chi connectivity index (χ2v) is 6.46. The third-order valence-electron chi connectivity index (χ3n) is 3.05. The van der Waals surface area contributed by atoms with Crippen molar-refractivity contribution in [2.24, 2.45) is 0 Å². The largest absolute Gasteiger partial charge is 0.496 e. The highest BCUT2D eigenvalue weighted by molar-refractivity contribution is 9.11. The third kappa shape index (κ3) is 4.00. The standard InChI is InChI=1S/C16H17Br2NO/c1-11(9-12-5-3-4-6-16(12)20-2)19-15-10-13(17)7-8-14(15)18/h3-8,10-11,19H,9H2,1-2H3. The van der Waals surface area contributed by atoms with Crippen molar-refractivity contribution in [3.05, 3.63) is 57.0 Å². The van der Waals surface area contributed by atoms with Crippen LogP contribution in [0.5, 0.6) is 5.75 Å². The van der Waals surface area contributed by atoms with E-state index in [1.54, 1.807) is 7.11 Å². The van der Waals surface area contributed by atoms with Gasteiger partial charge in [-0.05, 0) is 59.1 Å². The maximum Gasteiger partial charge on any atom is 0.122 e. The summed E-state index contributed by atoms with van der Waals surface area (Å²) >= 11 is 7.06. The lowest BCUT2D eigenvalue weighted by Gasteiger charge is -2.18. The van der Waals surface area contributed by atoms with Gasteiger partial charge >= 0.3 is 0 Å².